The van der Waals surface area contributed by atoms with Crippen molar-refractivity contribution < 1.29 is 17.6 Å². The molecule has 1 fully saturated rings. The van der Waals surface area contributed by atoms with Crippen molar-refractivity contribution in [3.8, 4) is 0 Å². The quantitative estimate of drug-likeness (QED) is 0.413. The molecule has 2 heterocycles. The standard InChI is InChI=1S/C27H27N3O4S/c1-18-7-10-22(17-19(18)2)29-35(32,33)23-11-8-21(9-12-23)27(31)30-15-13-20(14-16-30)26-28-24-5-3-4-6-25(24)34-26/h3-12,17,20,29H,13-16H2,1-2H3. The number of rotatable bonds is 5. The molecule has 7 nitrogen and oxygen atoms in total. The van der Waals surface area contributed by atoms with Gasteiger partial charge < -0.3 is 9.32 Å². The van der Waals surface area contributed by atoms with Crippen LogP contribution < -0.4 is 4.72 Å². The summed E-state index contributed by atoms with van der Waals surface area (Å²) in [4.78, 5) is 19.5. The summed E-state index contributed by atoms with van der Waals surface area (Å²) in [6.07, 6.45) is 1.54. The van der Waals surface area contributed by atoms with Crippen molar-refractivity contribution in [1.82, 2.24) is 9.88 Å². The molecule has 1 N–H and O–H groups in total. The summed E-state index contributed by atoms with van der Waals surface area (Å²) in [6, 6.07) is 19.2. The summed E-state index contributed by atoms with van der Waals surface area (Å²) < 4.78 is 34.1. The molecule has 0 radical (unpaired) electrons. The fourth-order valence-corrected chi connectivity index (χ4v) is 5.42. The van der Waals surface area contributed by atoms with Crippen molar-refractivity contribution in [2.45, 2.75) is 37.5 Å². The van der Waals surface area contributed by atoms with Gasteiger partial charge in [-0.15, -0.1) is 0 Å². The molecular weight excluding hydrogens is 462 g/mol. The van der Waals surface area contributed by atoms with Gasteiger partial charge in [-0.3, -0.25) is 9.52 Å². The van der Waals surface area contributed by atoms with Crippen LogP contribution in [0, 0.1) is 13.8 Å². The van der Waals surface area contributed by atoms with Gasteiger partial charge >= 0.3 is 0 Å². The number of para-hydroxylation sites is 2. The molecule has 4 aromatic rings. The van der Waals surface area contributed by atoms with Crippen molar-refractivity contribution in [3.63, 3.8) is 0 Å². The van der Waals surface area contributed by atoms with Gasteiger partial charge in [0.1, 0.15) is 5.52 Å². The predicted octanol–water partition coefficient (Wildman–Crippen LogP) is 5.27. The highest BCUT2D eigenvalue weighted by Gasteiger charge is 2.28. The first-order valence-electron chi connectivity index (χ1n) is 11.6. The van der Waals surface area contributed by atoms with E-state index >= 15 is 0 Å². The molecule has 0 atom stereocenters. The van der Waals surface area contributed by atoms with Gasteiger partial charge in [0.05, 0.1) is 4.90 Å². The molecule has 35 heavy (non-hydrogen) atoms. The lowest BCUT2D eigenvalue weighted by Gasteiger charge is -2.30. The maximum Gasteiger partial charge on any atom is 0.261 e. The van der Waals surface area contributed by atoms with E-state index < -0.39 is 10.0 Å². The third-order valence-corrected chi connectivity index (χ3v) is 8.01. The zero-order valence-corrected chi connectivity index (χ0v) is 20.5. The van der Waals surface area contributed by atoms with Crippen LogP contribution in [-0.4, -0.2) is 37.3 Å². The number of oxazole rings is 1. The van der Waals surface area contributed by atoms with Gasteiger partial charge in [-0.1, -0.05) is 18.2 Å². The SMILES string of the molecule is Cc1ccc(NS(=O)(=O)c2ccc(C(=O)N3CCC(c4nc5ccccc5o4)CC3)cc2)cc1C. The number of fused-ring (bicyclic) bond motifs is 1. The number of likely N-dealkylation sites (tertiary alicyclic amines) is 1. The number of carbonyl (C=O) groups is 1. The van der Waals surface area contributed by atoms with E-state index in [-0.39, 0.29) is 16.7 Å². The maximum absolute atomic E-state index is 13.0. The Labute approximate surface area is 204 Å². The molecule has 3 aromatic carbocycles. The second-order valence-electron chi connectivity index (χ2n) is 9.02. The van der Waals surface area contributed by atoms with Crippen LogP contribution in [0.3, 0.4) is 0 Å². The van der Waals surface area contributed by atoms with E-state index in [9.17, 15) is 13.2 Å². The summed E-state index contributed by atoms with van der Waals surface area (Å²) in [5.41, 5.74) is 4.70. The van der Waals surface area contributed by atoms with Gasteiger partial charge in [0.15, 0.2) is 11.5 Å². The predicted molar refractivity (Wildman–Crippen MR) is 135 cm³/mol. The summed E-state index contributed by atoms with van der Waals surface area (Å²) in [5.74, 6) is 0.798. The average Bonchev–Trinajstić information content (AvgIpc) is 3.30. The average molecular weight is 490 g/mol. The van der Waals surface area contributed by atoms with E-state index in [1.807, 2.05) is 44.2 Å². The van der Waals surface area contributed by atoms with Gasteiger partial charge in [0.25, 0.3) is 15.9 Å². The minimum atomic E-state index is -3.75. The van der Waals surface area contributed by atoms with Crippen LogP contribution in [0.5, 0.6) is 0 Å². The molecule has 1 aliphatic heterocycles. The van der Waals surface area contributed by atoms with Crippen molar-refractivity contribution in [1.29, 1.82) is 0 Å². The largest absolute Gasteiger partial charge is 0.440 e. The number of nitrogens with one attached hydrogen (secondary N) is 1. The third kappa shape index (κ3) is 4.79. The van der Waals surface area contributed by atoms with E-state index in [2.05, 4.69) is 9.71 Å². The zero-order valence-electron chi connectivity index (χ0n) is 19.7. The third-order valence-electron chi connectivity index (χ3n) is 6.61. The van der Waals surface area contributed by atoms with Crippen molar-refractivity contribution >= 4 is 32.7 Å². The molecule has 0 saturated carbocycles. The summed E-state index contributed by atoms with van der Waals surface area (Å²) in [5, 5.41) is 0. The molecule has 0 spiro atoms. The van der Waals surface area contributed by atoms with Crippen LogP contribution in [0.1, 0.15) is 46.1 Å². The van der Waals surface area contributed by atoms with Crippen LogP contribution in [0.2, 0.25) is 0 Å². The van der Waals surface area contributed by atoms with E-state index in [1.165, 1.54) is 12.1 Å². The molecule has 5 rings (SSSR count). The minimum absolute atomic E-state index is 0.105. The number of nitrogens with zero attached hydrogens (tertiary/aromatic N) is 2. The number of hydrogen-bond acceptors (Lipinski definition) is 5. The van der Waals surface area contributed by atoms with Crippen LogP contribution in [-0.2, 0) is 10.0 Å². The first-order valence-corrected chi connectivity index (χ1v) is 13.1. The van der Waals surface area contributed by atoms with E-state index in [4.69, 9.17) is 4.42 Å². The highest BCUT2D eigenvalue weighted by atomic mass is 32.2. The topological polar surface area (TPSA) is 92.5 Å². The Bertz CT molecular complexity index is 1450. The molecule has 8 heteroatoms. The Kier molecular flexibility index (Phi) is 6.06. The Balaban J connectivity index is 1.23. The molecule has 1 aromatic heterocycles. The smallest absolute Gasteiger partial charge is 0.261 e. The second kappa shape index (κ2) is 9.19. The molecule has 0 aliphatic carbocycles. The lowest BCUT2D eigenvalue weighted by atomic mass is 9.96. The Hall–Kier alpha value is -3.65. The number of aryl methyl sites for hydroxylation is 2. The van der Waals surface area contributed by atoms with E-state index in [0.717, 1.165) is 41.0 Å². The Morgan fingerprint density at radius 1 is 0.971 bits per heavy atom. The number of aromatic nitrogens is 1. The number of anilines is 1. The highest BCUT2D eigenvalue weighted by Crippen LogP contribution is 2.30. The molecule has 1 amide bonds. The van der Waals surface area contributed by atoms with E-state index in [0.29, 0.717) is 24.3 Å². The van der Waals surface area contributed by atoms with Crippen LogP contribution >= 0.6 is 0 Å². The number of hydrogen-bond donors (Lipinski definition) is 1. The summed E-state index contributed by atoms with van der Waals surface area (Å²) >= 11 is 0. The van der Waals surface area contributed by atoms with Gasteiger partial charge in [0, 0.05) is 30.3 Å². The Morgan fingerprint density at radius 3 is 2.37 bits per heavy atom. The summed E-state index contributed by atoms with van der Waals surface area (Å²) in [6.45, 7) is 5.10. The Morgan fingerprint density at radius 2 is 1.69 bits per heavy atom. The first-order chi connectivity index (χ1) is 16.8. The number of sulfonamides is 1. The number of piperidine rings is 1. The highest BCUT2D eigenvalue weighted by molar-refractivity contribution is 7.92. The fourth-order valence-electron chi connectivity index (χ4n) is 4.37. The number of benzene rings is 3. The van der Waals surface area contributed by atoms with Gasteiger partial charge in [-0.2, -0.15) is 0 Å². The minimum Gasteiger partial charge on any atom is -0.440 e. The lowest BCUT2D eigenvalue weighted by Crippen LogP contribution is -2.38. The molecule has 0 unspecified atom stereocenters. The van der Waals surface area contributed by atoms with Crippen molar-refractivity contribution in [2.24, 2.45) is 0 Å². The monoisotopic (exact) mass is 489 g/mol. The second-order valence-corrected chi connectivity index (χ2v) is 10.7. The first kappa shape index (κ1) is 23.1. The van der Waals surface area contributed by atoms with Crippen LogP contribution in [0.15, 0.2) is 76.0 Å². The lowest BCUT2D eigenvalue weighted by molar-refractivity contribution is 0.0706. The van der Waals surface area contributed by atoms with Crippen molar-refractivity contribution in [2.75, 3.05) is 17.8 Å². The van der Waals surface area contributed by atoms with Gasteiger partial charge in [-0.05, 0) is 86.3 Å². The molecule has 1 aliphatic rings. The molecular formula is C27H27N3O4S. The molecule has 180 valence electrons. The van der Waals surface area contributed by atoms with Crippen LogP contribution in [0.4, 0.5) is 5.69 Å². The van der Waals surface area contributed by atoms with E-state index in [1.54, 1.807) is 29.2 Å². The number of amides is 1. The maximum atomic E-state index is 13.0. The normalized spacial score (nSPS) is 14.9. The number of carbonyl (C=O) groups excluding carboxylic acids is 1. The summed E-state index contributed by atoms with van der Waals surface area (Å²) in [7, 11) is -3.75. The van der Waals surface area contributed by atoms with Gasteiger partial charge in [-0.25, -0.2) is 13.4 Å². The van der Waals surface area contributed by atoms with Crippen molar-refractivity contribution in [3.05, 3.63) is 89.3 Å². The fraction of sp³-hybridized carbons (Fsp3) is 0.259. The molecule has 0 bridgehead atoms. The van der Waals surface area contributed by atoms with Crippen LogP contribution in [0.25, 0.3) is 11.1 Å². The van der Waals surface area contributed by atoms with Gasteiger partial charge in [0.2, 0.25) is 0 Å². The zero-order chi connectivity index (χ0) is 24.6. The molecule has 1 saturated heterocycles.